The zero-order valence-corrected chi connectivity index (χ0v) is 14.7. The fraction of sp³-hybridized carbons (Fsp3) is 0.389. The van der Waals surface area contributed by atoms with E-state index in [9.17, 15) is 9.18 Å². The minimum atomic E-state index is -0.467. The topological polar surface area (TPSA) is 32.3 Å². The fourth-order valence-electron chi connectivity index (χ4n) is 3.51. The highest BCUT2D eigenvalue weighted by molar-refractivity contribution is 7.10. The van der Waals surface area contributed by atoms with Crippen molar-refractivity contribution in [2.75, 3.05) is 18.4 Å². The van der Waals surface area contributed by atoms with Crippen LogP contribution in [0.5, 0.6) is 0 Å². The van der Waals surface area contributed by atoms with Crippen LogP contribution in [0, 0.1) is 11.7 Å². The smallest absolute Gasteiger partial charge is 0.238 e. The van der Waals surface area contributed by atoms with Crippen LogP contribution in [0.4, 0.5) is 10.1 Å². The zero-order valence-electron chi connectivity index (χ0n) is 13.1. The molecule has 6 heteroatoms. The summed E-state index contributed by atoms with van der Waals surface area (Å²) >= 11 is 7.69. The summed E-state index contributed by atoms with van der Waals surface area (Å²) in [5.41, 5.74) is 1.53. The average Bonchev–Trinajstić information content (AvgIpc) is 3.27. The number of thiophene rings is 1. The van der Waals surface area contributed by atoms with Crippen LogP contribution in [0.1, 0.15) is 29.3 Å². The number of rotatable bonds is 4. The van der Waals surface area contributed by atoms with Crippen molar-refractivity contribution in [1.82, 2.24) is 4.90 Å². The Morgan fingerprint density at radius 2 is 2.21 bits per heavy atom. The molecule has 1 fully saturated rings. The van der Waals surface area contributed by atoms with Crippen LogP contribution < -0.4 is 5.32 Å². The Morgan fingerprint density at radius 1 is 1.38 bits per heavy atom. The van der Waals surface area contributed by atoms with Crippen molar-refractivity contribution in [2.45, 2.75) is 25.3 Å². The molecule has 0 radical (unpaired) electrons. The number of nitrogens with zero attached hydrogens (tertiary/aromatic N) is 1. The Hall–Kier alpha value is -1.43. The highest BCUT2D eigenvalue weighted by Gasteiger charge is 2.40. The molecule has 1 aromatic carbocycles. The lowest BCUT2D eigenvalue weighted by molar-refractivity contribution is -0.118. The molecule has 2 aliphatic rings. The van der Waals surface area contributed by atoms with Gasteiger partial charge < -0.3 is 5.32 Å². The summed E-state index contributed by atoms with van der Waals surface area (Å²) in [7, 11) is 0. The van der Waals surface area contributed by atoms with Gasteiger partial charge in [0.2, 0.25) is 5.91 Å². The predicted octanol–water partition coefficient (Wildman–Crippen LogP) is 4.49. The number of carbonyl (C=O) groups excluding carboxylic acids is 1. The normalized spacial score (nSPS) is 20.7. The van der Waals surface area contributed by atoms with E-state index in [2.05, 4.69) is 21.7 Å². The molecule has 0 spiro atoms. The summed E-state index contributed by atoms with van der Waals surface area (Å²) in [4.78, 5) is 16.1. The lowest BCUT2D eigenvalue weighted by Gasteiger charge is -2.35. The molecule has 4 rings (SSSR count). The number of anilines is 1. The third kappa shape index (κ3) is 3.21. The maximum absolute atomic E-state index is 13.8. The number of hydrogen-bond donors (Lipinski definition) is 1. The molecule has 1 saturated carbocycles. The lowest BCUT2D eigenvalue weighted by Crippen LogP contribution is -2.41. The molecule has 3 nitrogen and oxygen atoms in total. The molecular weight excluding hydrogens is 347 g/mol. The third-order valence-electron chi connectivity index (χ3n) is 4.74. The molecule has 1 amide bonds. The Labute approximate surface area is 149 Å². The van der Waals surface area contributed by atoms with Crippen LogP contribution in [0.15, 0.2) is 29.6 Å². The quantitative estimate of drug-likeness (QED) is 0.867. The van der Waals surface area contributed by atoms with Gasteiger partial charge in [0.1, 0.15) is 5.82 Å². The molecule has 0 bridgehead atoms. The van der Waals surface area contributed by atoms with Crippen molar-refractivity contribution >= 4 is 34.5 Å². The molecule has 1 aromatic heterocycles. The first-order chi connectivity index (χ1) is 11.6. The van der Waals surface area contributed by atoms with Crippen molar-refractivity contribution in [2.24, 2.45) is 5.92 Å². The van der Waals surface area contributed by atoms with Gasteiger partial charge in [0.15, 0.2) is 0 Å². The summed E-state index contributed by atoms with van der Waals surface area (Å²) in [5.74, 6) is -0.0138. The van der Waals surface area contributed by atoms with Crippen molar-refractivity contribution in [3.8, 4) is 0 Å². The largest absolute Gasteiger partial charge is 0.322 e. The molecule has 1 aliphatic heterocycles. The Bertz CT molecular complexity index is 774. The van der Waals surface area contributed by atoms with E-state index in [1.807, 2.05) is 11.3 Å². The second-order valence-corrected chi connectivity index (χ2v) is 7.91. The van der Waals surface area contributed by atoms with Gasteiger partial charge in [-0.15, -0.1) is 11.3 Å². The van der Waals surface area contributed by atoms with Crippen LogP contribution in [-0.2, 0) is 11.2 Å². The first kappa shape index (κ1) is 16.1. The first-order valence-corrected chi connectivity index (χ1v) is 9.43. The van der Waals surface area contributed by atoms with E-state index in [4.69, 9.17) is 11.6 Å². The number of halogens is 2. The molecular formula is C18H18ClFN2OS. The number of nitrogens with one attached hydrogen (secondary N) is 1. The van der Waals surface area contributed by atoms with Crippen molar-refractivity contribution in [3.05, 3.63) is 50.9 Å². The summed E-state index contributed by atoms with van der Waals surface area (Å²) in [6.45, 7) is 1.16. The minimum Gasteiger partial charge on any atom is -0.322 e. The average molecular weight is 365 g/mol. The highest BCUT2D eigenvalue weighted by Crippen LogP contribution is 2.48. The standard InChI is InChI=1S/C18H18ClFN2OS/c19-12-3-4-14(20)15(9-12)21-17(23)10-22-7-5-16-13(6-8-24-16)18(22)11-1-2-11/h3-4,6,8-9,11,18H,1-2,5,7,10H2,(H,21,23)/t18-/m0/s1. The van der Waals surface area contributed by atoms with E-state index in [1.165, 1.54) is 41.5 Å². The van der Waals surface area contributed by atoms with E-state index in [0.717, 1.165) is 13.0 Å². The monoisotopic (exact) mass is 364 g/mol. The lowest BCUT2D eigenvalue weighted by atomic mass is 9.96. The van der Waals surface area contributed by atoms with E-state index in [0.29, 0.717) is 17.0 Å². The molecule has 1 N–H and O–H groups in total. The van der Waals surface area contributed by atoms with Gasteiger partial charge in [0.05, 0.1) is 12.2 Å². The van der Waals surface area contributed by atoms with Gasteiger partial charge in [-0.1, -0.05) is 11.6 Å². The van der Waals surface area contributed by atoms with Crippen molar-refractivity contribution < 1.29 is 9.18 Å². The first-order valence-electron chi connectivity index (χ1n) is 8.17. The summed E-state index contributed by atoms with van der Waals surface area (Å²) in [5, 5.41) is 5.21. The number of fused-ring (bicyclic) bond motifs is 1. The van der Waals surface area contributed by atoms with Gasteiger partial charge in [0, 0.05) is 22.5 Å². The molecule has 126 valence electrons. The molecule has 0 saturated heterocycles. The van der Waals surface area contributed by atoms with Gasteiger partial charge in [0.25, 0.3) is 0 Å². The SMILES string of the molecule is O=C(CN1CCc2sccc2[C@@H]1C1CC1)Nc1cc(Cl)ccc1F. The number of carbonyl (C=O) groups is 1. The van der Waals surface area contributed by atoms with Crippen LogP contribution in [0.25, 0.3) is 0 Å². The van der Waals surface area contributed by atoms with Crippen molar-refractivity contribution in [3.63, 3.8) is 0 Å². The van der Waals surface area contributed by atoms with E-state index >= 15 is 0 Å². The minimum absolute atomic E-state index is 0.142. The van der Waals surface area contributed by atoms with E-state index < -0.39 is 5.82 Å². The number of benzene rings is 1. The number of amides is 1. The van der Waals surface area contributed by atoms with Crippen LogP contribution in [0.2, 0.25) is 5.02 Å². The van der Waals surface area contributed by atoms with Gasteiger partial charge in [-0.05, 0) is 60.4 Å². The van der Waals surface area contributed by atoms with Crippen LogP contribution in [0.3, 0.4) is 0 Å². The van der Waals surface area contributed by atoms with E-state index in [1.54, 1.807) is 0 Å². The molecule has 2 heterocycles. The molecule has 1 aliphatic carbocycles. The second-order valence-electron chi connectivity index (χ2n) is 6.47. The molecule has 24 heavy (non-hydrogen) atoms. The summed E-state index contributed by atoms with van der Waals surface area (Å²) in [6, 6.07) is 6.71. The van der Waals surface area contributed by atoms with Gasteiger partial charge >= 0.3 is 0 Å². The van der Waals surface area contributed by atoms with Crippen molar-refractivity contribution in [1.29, 1.82) is 0 Å². The highest BCUT2D eigenvalue weighted by atomic mass is 35.5. The summed E-state index contributed by atoms with van der Waals surface area (Å²) < 4.78 is 13.8. The molecule has 2 aromatic rings. The van der Waals surface area contributed by atoms with E-state index in [-0.39, 0.29) is 18.1 Å². The van der Waals surface area contributed by atoms with Gasteiger partial charge in [-0.3, -0.25) is 9.69 Å². The maximum Gasteiger partial charge on any atom is 0.238 e. The van der Waals surface area contributed by atoms with Crippen LogP contribution in [-0.4, -0.2) is 23.9 Å². The maximum atomic E-state index is 13.8. The Morgan fingerprint density at radius 3 is 3.00 bits per heavy atom. The van der Waals surface area contributed by atoms with Gasteiger partial charge in [-0.25, -0.2) is 4.39 Å². The van der Waals surface area contributed by atoms with Gasteiger partial charge in [-0.2, -0.15) is 0 Å². The Kier molecular flexibility index (Phi) is 4.33. The molecule has 0 unspecified atom stereocenters. The fourth-order valence-corrected chi connectivity index (χ4v) is 4.59. The zero-order chi connectivity index (χ0) is 16.7. The molecule has 1 atom stereocenters. The second kappa shape index (κ2) is 6.47. The third-order valence-corrected chi connectivity index (χ3v) is 5.97. The Balaban J connectivity index is 1.48. The predicted molar refractivity (Wildman–Crippen MR) is 95.1 cm³/mol. The number of hydrogen-bond acceptors (Lipinski definition) is 3. The summed E-state index contributed by atoms with van der Waals surface area (Å²) in [6.07, 6.45) is 3.43. The van der Waals surface area contributed by atoms with Crippen LogP contribution >= 0.6 is 22.9 Å².